The molecule has 0 N–H and O–H groups in total. The molecule has 1 aliphatic carbocycles. The van der Waals surface area contributed by atoms with Crippen LogP contribution in [0.2, 0.25) is 0 Å². The second kappa shape index (κ2) is 4.07. The van der Waals surface area contributed by atoms with Crippen molar-refractivity contribution in [3.63, 3.8) is 0 Å². The summed E-state index contributed by atoms with van der Waals surface area (Å²) in [5.41, 5.74) is 0. The first-order valence-electron chi connectivity index (χ1n) is 4.59. The Balaban J connectivity index is 2.22. The Hall–Kier alpha value is -0.610. The number of nitrogens with zero attached hydrogens (tertiary/aromatic N) is 1. The molecule has 1 amide bonds. The molecule has 0 saturated heterocycles. The van der Waals surface area contributed by atoms with Gasteiger partial charge in [-0.15, -0.1) is 0 Å². The first-order valence-corrected chi connectivity index (χ1v) is 4.59. The highest BCUT2D eigenvalue weighted by molar-refractivity contribution is 5.72. The van der Waals surface area contributed by atoms with Crippen LogP contribution in [0, 0.1) is 0 Å². The van der Waals surface area contributed by atoms with Gasteiger partial charge in [-0.1, -0.05) is 0 Å². The van der Waals surface area contributed by atoms with Gasteiger partial charge < -0.3 is 14.4 Å². The number of carbonyl (C=O) groups excluding carboxylic acids is 1. The van der Waals surface area contributed by atoms with Crippen molar-refractivity contribution in [1.82, 2.24) is 4.90 Å². The lowest BCUT2D eigenvalue weighted by Crippen LogP contribution is -2.31. The van der Waals surface area contributed by atoms with Crippen LogP contribution < -0.4 is 0 Å². The lowest BCUT2D eigenvalue weighted by atomic mass is 10.6. The Kier molecular flexibility index (Phi) is 3.27. The number of hydrogen-bond donors (Lipinski definition) is 0. The van der Waals surface area contributed by atoms with Crippen molar-refractivity contribution in [2.75, 3.05) is 20.4 Å². The number of hydrogen-bond acceptors (Lipinski definition) is 3. The van der Waals surface area contributed by atoms with Gasteiger partial charge in [0.25, 0.3) is 0 Å². The molecule has 0 atom stereocenters. The molecule has 1 fully saturated rings. The van der Waals surface area contributed by atoms with Crippen molar-refractivity contribution < 1.29 is 14.3 Å². The van der Waals surface area contributed by atoms with Gasteiger partial charge in [-0.05, 0) is 6.92 Å². The zero-order chi connectivity index (χ0) is 9.90. The van der Waals surface area contributed by atoms with E-state index in [0.717, 1.165) is 12.8 Å². The smallest absolute Gasteiger partial charge is 0.221 e. The van der Waals surface area contributed by atoms with Crippen molar-refractivity contribution in [3.05, 3.63) is 0 Å². The van der Waals surface area contributed by atoms with Crippen LogP contribution in [0.1, 0.15) is 26.7 Å². The van der Waals surface area contributed by atoms with Gasteiger partial charge in [0, 0.05) is 33.4 Å². The number of amides is 1. The molecule has 0 spiro atoms. The van der Waals surface area contributed by atoms with Crippen molar-refractivity contribution in [1.29, 1.82) is 0 Å². The highest BCUT2D eigenvalue weighted by Gasteiger charge is 2.45. The molecule has 0 aromatic rings. The number of ether oxygens (including phenoxy) is 2. The average molecular weight is 187 g/mol. The number of rotatable bonds is 5. The van der Waals surface area contributed by atoms with Crippen LogP contribution >= 0.6 is 0 Å². The Labute approximate surface area is 78.8 Å². The summed E-state index contributed by atoms with van der Waals surface area (Å²) >= 11 is 0. The van der Waals surface area contributed by atoms with Crippen LogP contribution in [-0.4, -0.2) is 37.0 Å². The predicted octanol–water partition coefficient (Wildman–Crippen LogP) is 0.965. The average Bonchev–Trinajstić information content (AvgIpc) is 2.82. The summed E-state index contributed by atoms with van der Waals surface area (Å²) in [6.45, 7) is 4.43. The lowest BCUT2D eigenvalue weighted by molar-refractivity contribution is -0.187. The van der Waals surface area contributed by atoms with E-state index in [9.17, 15) is 4.79 Å². The summed E-state index contributed by atoms with van der Waals surface area (Å²) < 4.78 is 10.9. The standard InChI is InChI=1S/C9H17NO3/c1-4-12-9(5-6-9)13-7-10(3)8(2)11/h4-7H2,1-3H3. The molecule has 1 saturated carbocycles. The topological polar surface area (TPSA) is 38.8 Å². The minimum Gasteiger partial charge on any atom is -0.350 e. The van der Waals surface area contributed by atoms with Crippen molar-refractivity contribution in [2.24, 2.45) is 0 Å². The fourth-order valence-electron chi connectivity index (χ4n) is 1.00. The van der Waals surface area contributed by atoms with Crippen LogP contribution in [0.25, 0.3) is 0 Å². The highest BCUT2D eigenvalue weighted by atomic mass is 16.7. The van der Waals surface area contributed by atoms with Gasteiger partial charge in [-0.25, -0.2) is 0 Å². The lowest BCUT2D eigenvalue weighted by Gasteiger charge is -2.21. The fourth-order valence-corrected chi connectivity index (χ4v) is 1.00. The second-order valence-corrected chi connectivity index (χ2v) is 3.33. The van der Waals surface area contributed by atoms with Crippen LogP contribution in [-0.2, 0) is 14.3 Å². The zero-order valence-electron chi connectivity index (χ0n) is 8.50. The van der Waals surface area contributed by atoms with E-state index in [1.165, 1.54) is 11.8 Å². The first-order chi connectivity index (χ1) is 6.09. The second-order valence-electron chi connectivity index (χ2n) is 3.33. The molecule has 0 aliphatic heterocycles. The molecular weight excluding hydrogens is 170 g/mol. The van der Waals surface area contributed by atoms with E-state index in [-0.39, 0.29) is 11.7 Å². The summed E-state index contributed by atoms with van der Waals surface area (Å²) in [5, 5.41) is 0. The van der Waals surface area contributed by atoms with E-state index in [1.807, 2.05) is 6.92 Å². The molecular formula is C9H17NO3. The minimum absolute atomic E-state index is 0.00676. The van der Waals surface area contributed by atoms with E-state index in [1.54, 1.807) is 7.05 Å². The summed E-state index contributed by atoms with van der Waals surface area (Å²) in [7, 11) is 1.71. The van der Waals surface area contributed by atoms with Crippen LogP contribution in [0.3, 0.4) is 0 Å². The molecule has 1 aliphatic rings. The van der Waals surface area contributed by atoms with Gasteiger partial charge in [0.1, 0.15) is 6.73 Å². The molecule has 4 nitrogen and oxygen atoms in total. The van der Waals surface area contributed by atoms with Gasteiger partial charge in [0.15, 0.2) is 5.79 Å². The Morgan fingerprint density at radius 3 is 2.46 bits per heavy atom. The minimum atomic E-state index is -0.377. The Morgan fingerprint density at radius 1 is 1.46 bits per heavy atom. The monoisotopic (exact) mass is 187 g/mol. The molecule has 0 unspecified atom stereocenters. The van der Waals surface area contributed by atoms with Crippen molar-refractivity contribution >= 4 is 5.91 Å². The molecule has 0 heterocycles. The van der Waals surface area contributed by atoms with Gasteiger partial charge in [-0.2, -0.15) is 0 Å². The maximum Gasteiger partial charge on any atom is 0.221 e. The van der Waals surface area contributed by atoms with Gasteiger partial charge in [0.05, 0.1) is 0 Å². The van der Waals surface area contributed by atoms with E-state index in [4.69, 9.17) is 9.47 Å². The summed E-state index contributed by atoms with van der Waals surface area (Å²) in [6, 6.07) is 0. The summed E-state index contributed by atoms with van der Waals surface area (Å²) in [4.78, 5) is 12.4. The fraction of sp³-hybridized carbons (Fsp3) is 0.889. The molecule has 0 aromatic heterocycles. The molecule has 0 bridgehead atoms. The SMILES string of the molecule is CCOC1(OCN(C)C(C)=O)CC1. The number of carbonyl (C=O) groups is 1. The van der Waals surface area contributed by atoms with Gasteiger partial charge in [-0.3, -0.25) is 4.79 Å². The quantitative estimate of drug-likeness (QED) is 0.602. The van der Waals surface area contributed by atoms with Crippen molar-refractivity contribution in [3.8, 4) is 0 Å². The van der Waals surface area contributed by atoms with Crippen LogP contribution in [0.5, 0.6) is 0 Å². The maximum atomic E-state index is 10.8. The van der Waals surface area contributed by atoms with E-state index in [0.29, 0.717) is 13.3 Å². The summed E-state index contributed by atoms with van der Waals surface area (Å²) in [5.74, 6) is -0.370. The third-order valence-corrected chi connectivity index (χ3v) is 2.12. The maximum absolute atomic E-state index is 10.8. The van der Waals surface area contributed by atoms with Crippen LogP contribution in [0.4, 0.5) is 0 Å². The third kappa shape index (κ3) is 2.97. The molecule has 76 valence electrons. The molecule has 1 rings (SSSR count). The van der Waals surface area contributed by atoms with Gasteiger partial charge >= 0.3 is 0 Å². The molecule has 0 aromatic carbocycles. The Bertz CT molecular complexity index is 189. The first kappa shape index (κ1) is 10.5. The third-order valence-electron chi connectivity index (χ3n) is 2.12. The van der Waals surface area contributed by atoms with E-state index >= 15 is 0 Å². The predicted molar refractivity (Wildman–Crippen MR) is 48.0 cm³/mol. The highest BCUT2D eigenvalue weighted by Crippen LogP contribution is 2.40. The normalized spacial score (nSPS) is 18.4. The van der Waals surface area contributed by atoms with E-state index in [2.05, 4.69) is 0 Å². The molecule has 0 radical (unpaired) electrons. The Morgan fingerprint density at radius 2 is 2.08 bits per heavy atom. The largest absolute Gasteiger partial charge is 0.350 e. The van der Waals surface area contributed by atoms with Crippen LogP contribution in [0.15, 0.2) is 0 Å². The van der Waals surface area contributed by atoms with Crippen molar-refractivity contribution in [2.45, 2.75) is 32.5 Å². The molecule has 4 heteroatoms. The zero-order valence-corrected chi connectivity index (χ0v) is 8.50. The van der Waals surface area contributed by atoms with E-state index < -0.39 is 0 Å². The molecule has 13 heavy (non-hydrogen) atoms. The summed E-state index contributed by atoms with van der Waals surface area (Å²) in [6.07, 6.45) is 1.87. The van der Waals surface area contributed by atoms with Gasteiger partial charge in [0.2, 0.25) is 5.91 Å².